The highest BCUT2D eigenvalue weighted by Gasteiger charge is 2.32. The summed E-state index contributed by atoms with van der Waals surface area (Å²) < 4.78 is 5.36. The van der Waals surface area contributed by atoms with Gasteiger partial charge in [0.2, 0.25) is 11.8 Å². The van der Waals surface area contributed by atoms with Crippen LogP contribution in [0.25, 0.3) is 0 Å². The molecule has 1 aromatic carbocycles. The van der Waals surface area contributed by atoms with Crippen molar-refractivity contribution in [2.75, 3.05) is 13.7 Å². The van der Waals surface area contributed by atoms with Crippen molar-refractivity contribution in [3.8, 4) is 5.75 Å². The Kier molecular flexibility index (Phi) is 3.34. The molecule has 1 fully saturated rings. The zero-order valence-corrected chi connectivity index (χ0v) is 11.5. The molecular formula is C15H18N2O3. The Morgan fingerprint density at radius 2 is 2.25 bits per heavy atom. The molecule has 20 heavy (non-hydrogen) atoms. The van der Waals surface area contributed by atoms with Crippen LogP contribution in [0.15, 0.2) is 18.2 Å². The number of ether oxygens (including phenoxy) is 1. The maximum atomic E-state index is 12.4. The van der Waals surface area contributed by atoms with Crippen LogP contribution < -0.4 is 10.1 Å². The second-order valence-corrected chi connectivity index (χ2v) is 5.27. The van der Waals surface area contributed by atoms with E-state index < -0.39 is 0 Å². The molecule has 2 aliphatic rings. The summed E-state index contributed by atoms with van der Waals surface area (Å²) in [5.41, 5.74) is 2.32. The van der Waals surface area contributed by atoms with Gasteiger partial charge in [-0.1, -0.05) is 12.1 Å². The van der Waals surface area contributed by atoms with E-state index in [4.69, 9.17) is 4.74 Å². The van der Waals surface area contributed by atoms with Gasteiger partial charge >= 0.3 is 0 Å². The van der Waals surface area contributed by atoms with Gasteiger partial charge in [-0.25, -0.2) is 0 Å². The lowest BCUT2D eigenvalue weighted by molar-refractivity contribution is -0.135. The van der Waals surface area contributed by atoms with Crippen molar-refractivity contribution in [2.24, 2.45) is 0 Å². The predicted octanol–water partition coefficient (Wildman–Crippen LogP) is 0.858. The van der Waals surface area contributed by atoms with Gasteiger partial charge in [0.1, 0.15) is 11.8 Å². The number of nitrogens with zero attached hydrogens (tertiary/aromatic N) is 1. The van der Waals surface area contributed by atoms with Gasteiger partial charge in [-0.05, 0) is 24.5 Å². The first kappa shape index (κ1) is 13.0. The number of fused-ring (bicyclic) bond motifs is 1. The lowest BCUT2D eigenvalue weighted by atomic mass is 9.98. The summed E-state index contributed by atoms with van der Waals surface area (Å²) in [6, 6.07) is 5.59. The number of hydrogen-bond donors (Lipinski definition) is 1. The van der Waals surface area contributed by atoms with E-state index in [2.05, 4.69) is 5.32 Å². The number of benzene rings is 1. The van der Waals surface area contributed by atoms with Crippen LogP contribution in [0.5, 0.6) is 5.75 Å². The molecule has 0 aliphatic carbocycles. The Morgan fingerprint density at radius 3 is 2.95 bits per heavy atom. The van der Waals surface area contributed by atoms with Crippen molar-refractivity contribution in [3.63, 3.8) is 0 Å². The van der Waals surface area contributed by atoms with Crippen molar-refractivity contribution in [3.05, 3.63) is 29.3 Å². The molecule has 1 aromatic rings. The predicted molar refractivity (Wildman–Crippen MR) is 73.3 cm³/mol. The van der Waals surface area contributed by atoms with Crippen molar-refractivity contribution in [2.45, 2.75) is 31.8 Å². The number of methoxy groups -OCH3 is 1. The molecule has 5 nitrogen and oxygen atoms in total. The van der Waals surface area contributed by atoms with Crippen molar-refractivity contribution in [1.29, 1.82) is 0 Å². The van der Waals surface area contributed by atoms with Gasteiger partial charge in [-0.2, -0.15) is 0 Å². The number of nitrogens with one attached hydrogen (secondary N) is 1. The van der Waals surface area contributed by atoms with Crippen molar-refractivity contribution in [1.82, 2.24) is 10.2 Å². The quantitative estimate of drug-likeness (QED) is 0.870. The normalized spacial score (nSPS) is 21.4. The Balaban J connectivity index is 1.75. The van der Waals surface area contributed by atoms with E-state index in [0.717, 1.165) is 17.7 Å². The summed E-state index contributed by atoms with van der Waals surface area (Å²) in [7, 11) is 1.67. The summed E-state index contributed by atoms with van der Waals surface area (Å²) >= 11 is 0. The van der Waals surface area contributed by atoms with Crippen LogP contribution in [0, 0.1) is 0 Å². The highest BCUT2D eigenvalue weighted by atomic mass is 16.5. The van der Waals surface area contributed by atoms with E-state index in [1.54, 1.807) is 7.11 Å². The smallest absolute Gasteiger partial charge is 0.245 e. The number of carbonyl (C=O) groups excluding carboxylic acids is 2. The number of hydrogen-bond acceptors (Lipinski definition) is 3. The van der Waals surface area contributed by atoms with E-state index in [-0.39, 0.29) is 17.9 Å². The van der Waals surface area contributed by atoms with Gasteiger partial charge in [0.15, 0.2) is 0 Å². The third-order valence-electron chi connectivity index (χ3n) is 4.05. The van der Waals surface area contributed by atoms with Crippen LogP contribution in [0.4, 0.5) is 0 Å². The van der Waals surface area contributed by atoms with Crippen molar-refractivity contribution < 1.29 is 14.3 Å². The summed E-state index contributed by atoms with van der Waals surface area (Å²) in [6.07, 6.45) is 1.86. The SMILES string of the molecule is COc1cccc2c1CCN(C(=O)[C@H]1CCC(=O)N1)C2. The minimum absolute atomic E-state index is 0.0255. The molecule has 3 rings (SSSR count). The molecule has 0 bridgehead atoms. The number of rotatable bonds is 2. The lowest BCUT2D eigenvalue weighted by Gasteiger charge is -2.31. The molecule has 0 radical (unpaired) electrons. The fraction of sp³-hybridized carbons (Fsp3) is 0.467. The molecule has 0 aromatic heterocycles. The topological polar surface area (TPSA) is 58.6 Å². The molecule has 2 amide bonds. The van der Waals surface area contributed by atoms with E-state index in [1.807, 2.05) is 23.1 Å². The maximum Gasteiger partial charge on any atom is 0.245 e. The first-order valence-corrected chi connectivity index (χ1v) is 6.92. The van der Waals surface area contributed by atoms with Crippen LogP contribution in [0.1, 0.15) is 24.0 Å². The second-order valence-electron chi connectivity index (χ2n) is 5.27. The lowest BCUT2D eigenvalue weighted by Crippen LogP contribution is -2.46. The zero-order chi connectivity index (χ0) is 14.1. The largest absolute Gasteiger partial charge is 0.496 e. The third-order valence-corrected chi connectivity index (χ3v) is 4.05. The highest BCUT2D eigenvalue weighted by Crippen LogP contribution is 2.28. The maximum absolute atomic E-state index is 12.4. The summed E-state index contributed by atoms with van der Waals surface area (Å²) in [5.74, 6) is 0.899. The van der Waals surface area contributed by atoms with Gasteiger partial charge in [0.05, 0.1) is 7.11 Å². The minimum Gasteiger partial charge on any atom is -0.496 e. The van der Waals surface area contributed by atoms with Gasteiger partial charge in [0, 0.05) is 25.1 Å². The van der Waals surface area contributed by atoms with E-state index in [1.165, 1.54) is 5.56 Å². The molecule has 5 heteroatoms. The fourth-order valence-corrected chi connectivity index (χ4v) is 2.97. The van der Waals surface area contributed by atoms with Gasteiger partial charge in [-0.15, -0.1) is 0 Å². The number of carbonyl (C=O) groups is 2. The zero-order valence-electron chi connectivity index (χ0n) is 11.5. The van der Waals surface area contributed by atoms with Crippen molar-refractivity contribution >= 4 is 11.8 Å². The Labute approximate surface area is 117 Å². The van der Waals surface area contributed by atoms with Crippen LogP contribution in [0.2, 0.25) is 0 Å². The first-order chi connectivity index (χ1) is 9.69. The molecular weight excluding hydrogens is 256 g/mol. The van der Waals surface area contributed by atoms with E-state index in [9.17, 15) is 9.59 Å². The van der Waals surface area contributed by atoms with E-state index in [0.29, 0.717) is 25.9 Å². The standard InChI is InChI=1S/C15H18N2O3/c1-20-13-4-2-3-10-9-17(8-7-11(10)13)15(19)12-5-6-14(18)16-12/h2-4,12H,5-9H2,1H3,(H,16,18)/t12-/m1/s1. The summed E-state index contributed by atoms with van der Waals surface area (Å²) in [6.45, 7) is 1.27. The molecule has 0 unspecified atom stereocenters. The summed E-state index contributed by atoms with van der Waals surface area (Å²) in [5, 5.41) is 2.74. The third kappa shape index (κ3) is 2.24. The van der Waals surface area contributed by atoms with Gasteiger partial charge in [0.25, 0.3) is 0 Å². The fourth-order valence-electron chi connectivity index (χ4n) is 2.97. The van der Waals surface area contributed by atoms with Crippen LogP contribution in [-0.4, -0.2) is 36.4 Å². The molecule has 2 aliphatic heterocycles. The number of amides is 2. The van der Waals surface area contributed by atoms with Crippen LogP contribution >= 0.6 is 0 Å². The van der Waals surface area contributed by atoms with Crippen LogP contribution in [-0.2, 0) is 22.6 Å². The van der Waals surface area contributed by atoms with Crippen LogP contribution in [0.3, 0.4) is 0 Å². The first-order valence-electron chi connectivity index (χ1n) is 6.92. The Morgan fingerprint density at radius 1 is 1.40 bits per heavy atom. The minimum atomic E-state index is -0.338. The molecule has 0 saturated carbocycles. The molecule has 1 N–H and O–H groups in total. The Bertz CT molecular complexity index is 556. The van der Waals surface area contributed by atoms with Gasteiger partial charge < -0.3 is 15.0 Å². The monoisotopic (exact) mass is 274 g/mol. The molecule has 0 spiro atoms. The van der Waals surface area contributed by atoms with Gasteiger partial charge in [-0.3, -0.25) is 9.59 Å². The molecule has 2 heterocycles. The second kappa shape index (κ2) is 5.15. The molecule has 106 valence electrons. The molecule has 1 atom stereocenters. The average Bonchev–Trinajstić information content (AvgIpc) is 2.91. The molecule has 1 saturated heterocycles. The highest BCUT2D eigenvalue weighted by molar-refractivity contribution is 5.90. The van der Waals surface area contributed by atoms with E-state index >= 15 is 0 Å². The average molecular weight is 274 g/mol. The summed E-state index contributed by atoms with van der Waals surface area (Å²) in [4.78, 5) is 25.4. The Hall–Kier alpha value is -2.04.